The summed E-state index contributed by atoms with van der Waals surface area (Å²) in [5.41, 5.74) is 5.99. The van der Waals surface area contributed by atoms with Crippen LogP contribution in [-0.2, 0) is 46.3 Å². The van der Waals surface area contributed by atoms with Crippen LogP contribution in [0.25, 0.3) is 11.2 Å². The van der Waals surface area contributed by atoms with Gasteiger partial charge in [0.05, 0.1) is 26.0 Å². The molecule has 6 N–H and O–H groups in total. The maximum Gasteiger partial charge on any atom is 1.00 e. The van der Waals surface area contributed by atoms with Gasteiger partial charge in [0.25, 0.3) is 15.6 Å². The van der Waals surface area contributed by atoms with Crippen molar-refractivity contribution in [3.8, 4) is 0 Å². The number of carbonyl (C=O) groups excluding carboxylic acids is 2. The fourth-order valence-corrected chi connectivity index (χ4v) is 6.07. The number of carboxylic acids is 1. The van der Waals surface area contributed by atoms with Crippen molar-refractivity contribution in [2.45, 2.75) is 62.0 Å². The molecule has 0 bridgehead atoms. The first-order valence-electron chi connectivity index (χ1n) is 12.1. The van der Waals surface area contributed by atoms with Gasteiger partial charge in [0, 0.05) is 5.97 Å². The second-order valence-corrected chi connectivity index (χ2v) is 12.0. The molecular formula is C19H24N5Na3O17P2. The Morgan fingerprint density at radius 1 is 0.913 bits per heavy atom. The summed E-state index contributed by atoms with van der Waals surface area (Å²) in [5, 5.41) is 51.2. The maximum atomic E-state index is 12.2. The summed E-state index contributed by atoms with van der Waals surface area (Å²) in [5.74, 6) is -2.69. The fourth-order valence-electron chi connectivity index (χ4n) is 4.05. The monoisotopic (exact) mass is 725 g/mol. The molecule has 3 unspecified atom stereocenters. The van der Waals surface area contributed by atoms with Gasteiger partial charge in [-0.25, -0.2) is 19.3 Å². The molecule has 10 atom stereocenters. The van der Waals surface area contributed by atoms with Crippen LogP contribution in [-0.4, -0.2) is 108 Å². The number of hydrogen-bond acceptors (Lipinski definition) is 21. The Kier molecular flexibility index (Phi) is 17.8. The number of aliphatic hydroxyl groups excluding tert-OH is 4. The van der Waals surface area contributed by atoms with E-state index in [9.17, 15) is 54.0 Å². The first-order chi connectivity index (χ1) is 20.1. The van der Waals surface area contributed by atoms with Crippen molar-refractivity contribution in [1.29, 1.82) is 0 Å². The van der Waals surface area contributed by atoms with Crippen LogP contribution < -0.4 is 109 Å². The van der Waals surface area contributed by atoms with Crippen LogP contribution in [0.4, 0.5) is 5.82 Å². The van der Waals surface area contributed by atoms with Gasteiger partial charge in [0.1, 0.15) is 42.4 Å². The fraction of sp³-hybridized carbons (Fsp3) is 0.632. The van der Waals surface area contributed by atoms with E-state index in [1.807, 2.05) is 0 Å². The number of carboxylic acid groups (broad SMARTS) is 1. The number of fused-ring (bicyclic) bond motifs is 1. The first-order valence-corrected chi connectivity index (χ1v) is 15.0. The Bertz CT molecular complexity index is 1440. The molecule has 27 heteroatoms. The number of aliphatic hydroxyl groups is 4. The first kappa shape index (κ1) is 44.3. The van der Waals surface area contributed by atoms with Crippen LogP contribution in [0.3, 0.4) is 0 Å². The molecule has 2 saturated heterocycles. The van der Waals surface area contributed by atoms with E-state index in [1.165, 1.54) is 10.9 Å². The van der Waals surface area contributed by atoms with Crippen LogP contribution in [0, 0.1) is 0 Å². The number of aromatic nitrogens is 4. The zero-order valence-corrected chi connectivity index (χ0v) is 32.2. The Hall–Kier alpha value is 0.310. The molecule has 0 aliphatic carbocycles. The third-order valence-electron chi connectivity index (χ3n) is 6.11. The summed E-state index contributed by atoms with van der Waals surface area (Å²) < 4.78 is 53.3. The van der Waals surface area contributed by atoms with Gasteiger partial charge in [-0.3, -0.25) is 18.5 Å². The summed E-state index contributed by atoms with van der Waals surface area (Å²) in [4.78, 5) is 58.1. The molecule has 0 radical (unpaired) electrons. The van der Waals surface area contributed by atoms with Crippen LogP contribution in [0.15, 0.2) is 12.7 Å². The second kappa shape index (κ2) is 18.5. The minimum atomic E-state index is -5.75. The van der Waals surface area contributed by atoms with Gasteiger partial charge in [-0.05, 0) is 6.42 Å². The molecule has 2 aliphatic rings. The number of nitrogens with two attached hydrogens (primary N) is 1. The minimum absolute atomic E-state index is 0. The maximum absolute atomic E-state index is 12.2. The number of hydrogen-bond donors (Lipinski definition) is 5. The van der Waals surface area contributed by atoms with Crippen LogP contribution in [0.1, 0.15) is 19.1 Å². The standard InChI is InChI=1S/C19H27N5O17P2.3Na/c20-16-11-17(22-5-21-16)24(6-23-11)18-14(30)12(28)7(38-18)3-36-42(32,33)41-43(34,35)37-4-8-13(29)15(19(31)39-8)40-10(27)2-1-9(25)26;;;/h5-8,12-15,18-19,28-31H,1-4H2,(H,25,26)(H,32,33)(H,34,35)(H2,20,21,22);;;/q;3*+1/p-3/t7-,8-,12-,13-,14-,15-,18-,19?;;;/m1.../s1. The summed E-state index contributed by atoms with van der Waals surface area (Å²) >= 11 is 0. The van der Waals surface area contributed by atoms with Crippen molar-refractivity contribution in [2.24, 2.45) is 0 Å². The largest absolute Gasteiger partial charge is 1.00 e. The molecule has 2 aliphatic heterocycles. The number of esters is 1. The Morgan fingerprint density at radius 3 is 2.09 bits per heavy atom. The van der Waals surface area contributed by atoms with E-state index in [-0.39, 0.29) is 106 Å². The number of rotatable bonds is 13. The molecule has 0 spiro atoms. The number of phosphoric acid groups is 2. The number of ether oxygens (including phenoxy) is 3. The topological polar surface area (TPSA) is 343 Å². The van der Waals surface area contributed by atoms with Gasteiger partial charge in [0.15, 0.2) is 30.1 Å². The zero-order chi connectivity index (χ0) is 31.7. The third kappa shape index (κ3) is 11.2. The van der Waals surface area contributed by atoms with Crippen molar-refractivity contribution in [2.75, 3.05) is 18.9 Å². The molecule has 22 nitrogen and oxygen atoms in total. The van der Waals surface area contributed by atoms with Crippen molar-refractivity contribution in [3.63, 3.8) is 0 Å². The average molecular weight is 725 g/mol. The van der Waals surface area contributed by atoms with E-state index < -0.39 is 103 Å². The molecule has 4 heterocycles. The van der Waals surface area contributed by atoms with E-state index in [1.54, 1.807) is 0 Å². The quantitative estimate of drug-likeness (QED) is 0.0727. The van der Waals surface area contributed by atoms with E-state index in [2.05, 4.69) is 28.3 Å². The van der Waals surface area contributed by atoms with Crippen LogP contribution in [0.5, 0.6) is 0 Å². The number of phosphoric ester groups is 2. The zero-order valence-electron chi connectivity index (χ0n) is 24.5. The Balaban J connectivity index is 0.00000353. The molecule has 0 saturated carbocycles. The smallest absolute Gasteiger partial charge is 0.756 e. The molecule has 4 rings (SSSR count). The third-order valence-corrected chi connectivity index (χ3v) is 8.64. The molecule has 0 aromatic carbocycles. The normalized spacial score (nSPS) is 29.9. The van der Waals surface area contributed by atoms with Crippen molar-refractivity contribution in [3.05, 3.63) is 12.7 Å². The molecule has 0 amide bonds. The summed E-state index contributed by atoms with van der Waals surface area (Å²) in [6.07, 6.45) is -12.6. The van der Waals surface area contributed by atoms with E-state index >= 15 is 0 Å². The van der Waals surface area contributed by atoms with Gasteiger partial charge < -0.3 is 69.1 Å². The summed E-state index contributed by atoms with van der Waals surface area (Å²) in [6, 6.07) is 0. The Labute approximate surface area is 325 Å². The number of anilines is 1. The molecule has 2 fully saturated rings. The van der Waals surface area contributed by atoms with Crippen molar-refractivity contribution < 1.29 is 170 Å². The molecule has 2 aromatic rings. The number of carbonyl (C=O) groups is 2. The molecule has 240 valence electrons. The van der Waals surface area contributed by atoms with E-state index in [0.717, 1.165) is 6.33 Å². The molecule has 46 heavy (non-hydrogen) atoms. The predicted molar refractivity (Wildman–Crippen MR) is 125 cm³/mol. The number of nitrogen functional groups attached to an aromatic ring is 1. The van der Waals surface area contributed by atoms with Gasteiger partial charge >= 0.3 is 94.6 Å². The van der Waals surface area contributed by atoms with Gasteiger partial charge in [0.2, 0.25) is 0 Å². The van der Waals surface area contributed by atoms with E-state index in [4.69, 9.17) is 19.9 Å². The molecule has 2 aromatic heterocycles. The second-order valence-electron chi connectivity index (χ2n) is 9.08. The average Bonchev–Trinajstić information content (AvgIpc) is 3.55. The van der Waals surface area contributed by atoms with Crippen LogP contribution >= 0.6 is 15.6 Å². The Morgan fingerprint density at radius 2 is 1.50 bits per heavy atom. The SMILES string of the molecule is Nc1ncnc2c1ncn2[C@@H]1O[C@H](COP(=O)([O-])OP(=O)([O-])OC[C@H]2OC(O)[C@H](OC(=O)CCC(=O)[O-])[C@@H]2O)[C@@H](O)[C@H]1O.[Na+].[Na+].[Na+]. The number of nitrogens with zero attached hydrogens (tertiary/aromatic N) is 4. The van der Waals surface area contributed by atoms with Crippen molar-refractivity contribution in [1.82, 2.24) is 19.5 Å². The van der Waals surface area contributed by atoms with Gasteiger partial charge in [-0.1, -0.05) is 0 Å². The summed E-state index contributed by atoms with van der Waals surface area (Å²) in [7, 11) is -11.5. The number of aliphatic carboxylic acids is 1. The predicted octanol–water partition coefficient (Wildman–Crippen LogP) is -14.5. The van der Waals surface area contributed by atoms with Gasteiger partial charge in [-0.2, -0.15) is 0 Å². The minimum Gasteiger partial charge on any atom is -0.756 e. The van der Waals surface area contributed by atoms with Crippen molar-refractivity contribution >= 4 is 44.6 Å². The van der Waals surface area contributed by atoms with Crippen LogP contribution in [0.2, 0.25) is 0 Å². The van der Waals surface area contributed by atoms with E-state index in [0.29, 0.717) is 0 Å². The molecular weight excluding hydrogens is 701 g/mol. The van der Waals surface area contributed by atoms with Gasteiger partial charge in [-0.15, -0.1) is 0 Å². The number of imidazole rings is 1. The summed E-state index contributed by atoms with van der Waals surface area (Å²) in [6.45, 7) is -2.15.